The summed E-state index contributed by atoms with van der Waals surface area (Å²) in [6, 6.07) is 0. The molecule has 0 heterocycles. The van der Waals surface area contributed by atoms with Crippen molar-refractivity contribution >= 4 is 11.9 Å². The van der Waals surface area contributed by atoms with Crippen molar-refractivity contribution in [3.05, 3.63) is 11.6 Å². The molecule has 0 bridgehead atoms. The van der Waals surface area contributed by atoms with Crippen molar-refractivity contribution in [3.8, 4) is 0 Å². The molecule has 0 radical (unpaired) electrons. The maximum atomic E-state index is 12.2. The fourth-order valence-electron chi connectivity index (χ4n) is 6.03. The summed E-state index contributed by atoms with van der Waals surface area (Å²) in [5.41, 5.74) is 0.323. The van der Waals surface area contributed by atoms with Crippen LogP contribution in [0.15, 0.2) is 11.6 Å². The molecule has 0 spiro atoms. The van der Waals surface area contributed by atoms with Gasteiger partial charge < -0.3 is 9.47 Å². The van der Waals surface area contributed by atoms with E-state index in [-0.39, 0.29) is 0 Å². The predicted octanol–water partition coefficient (Wildman–Crippen LogP) is 13.5. The highest BCUT2D eigenvalue weighted by atomic mass is 16.5. The largest absolute Gasteiger partial charge is 0.463 e. The van der Waals surface area contributed by atoms with Crippen molar-refractivity contribution in [3.63, 3.8) is 0 Å². The van der Waals surface area contributed by atoms with Crippen molar-refractivity contribution in [1.82, 2.24) is 0 Å². The van der Waals surface area contributed by atoms with E-state index in [1.807, 2.05) is 0 Å². The quantitative estimate of drug-likeness (QED) is 0.0391. The number of esters is 2. The Balaban J connectivity index is 3.45. The number of hydrogen-bond donors (Lipinski definition) is 0. The van der Waals surface area contributed by atoms with Crippen LogP contribution in [0.2, 0.25) is 0 Å². The molecule has 0 saturated carbocycles. The van der Waals surface area contributed by atoms with Gasteiger partial charge in [-0.3, -0.25) is 0 Å². The van der Waals surface area contributed by atoms with Crippen LogP contribution in [0.1, 0.15) is 226 Å². The van der Waals surface area contributed by atoms with Gasteiger partial charge in [-0.05, 0) is 19.8 Å². The summed E-state index contributed by atoms with van der Waals surface area (Å²) < 4.78 is 10.6. The van der Waals surface area contributed by atoms with Gasteiger partial charge in [0, 0.05) is 11.6 Å². The van der Waals surface area contributed by atoms with Gasteiger partial charge in [0.2, 0.25) is 0 Å². The van der Waals surface area contributed by atoms with E-state index in [1.165, 1.54) is 186 Å². The van der Waals surface area contributed by atoms with Crippen LogP contribution in [-0.4, -0.2) is 25.2 Å². The molecule has 0 N–H and O–H groups in total. The van der Waals surface area contributed by atoms with Gasteiger partial charge in [-0.1, -0.05) is 206 Å². The maximum Gasteiger partial charge on any atom is 0.333 e. The molecule has 266 valence electrons. The summed E-state index contributed by atoms with van der Waals surface area (Å²) in [4.78, 5) is 24.2. The number of unbranched alkanes of at least 4 members (excludes halogenated alkanes) is 30. The molecule has 0 aromatic heterocycles. The molecule has 0 atom stereocenters. The molecule has 45 heavy (non-hydrogen) atoms. The average Bonchev–Trinajstić information content (AvgIpc) is 3.03. The second-order valence-electron chi connectivity index (χ2n) is 13.7. The van der Waals surface area contributed by atoms with E-state index in [0.29, 0.717) is 18.8 Å². The third kappa shape index (κ3) is 35.4. The van der Waals surface area contributed by atoms with Gasteiger partial charge in [0.05, 0.1) is 13.2 Å². The lowest BCUT2D eigenvalue weighted by Gasteiger charge is -2.06. The van der Waals surface area contributed by atoms with Crippen LogP contribution in [0.5, 0.6) is 0 Å². The average molecular weight is 635 g/mol. The normalized spacial score (nSPS) is 11.7. The van der Waals surface area contributed by atoms with E-state index < -0.39 is 11.9 Å². The fourth-order valence-corrected chi connectivity index (χ4v) is 6.03. The summed E-state index contributed by atoms with van der Waals surface area (Å²) in [7, 11) is 0. The van der Waals surface area contributed by atoms with Crippen LogP contribution < -0.4 is 0 Å². The molecular formula is C41H78O4. The Bertz CT molecular complexity index is 656. The van der Waals surface area contributed by atoms with E-state index in [2.05, 4.69) is 13.8 Å². The van der Waals surface area contributed by atoms with Gasteiger partial charge in [0.1, 0.15) is 0 Å². The Morgan fingerprint density at radius 1 is 0.378 bits per heavy atom. The summed E-state index contributed by atoms with van der Waals surface area (Å²) in [6.45, 7) is 7.04. The topological polar surface area (TPSA) is 52.6 Å². The highest BCUT2D eigenvalue weighted by molar-refractivity contribution is 5.95. The minimum atomic E-state index is -0.437. The first-order valence-corrected chi connectivity index (χ1v) is 20.1. The third-order valence-corrected chi connectivity index (χ3v) is 9.13. The number of rotatable bonds is 36. The van der Waals surface area contributed by atoms with E-state index >= 15 is 0 Å². The minimum Gasteiger partial charge on any atom is -0.463 e. The Labute approximate surface area is 281 Å². The van der Waals surface area contributed by atoms with Crippen molar-refractivity contribution in [2.45, 2.75) is 226 Å². The molecule has 0 unspecified atom stereocenters. The van der Waals surface area contributed by atoms with Crippen molar-refractivity contribution in [2.75, 3.05) is 13.2 Å². The van der Waals surface area contributed by atoms with Crippen molar-refractivity contribution in [1.29, 1.82) is 0 Å². The Hall–Kier alpha value is -1.32. The lowest BCUT2D eigenvalue weighted by atomic mass is 10.0. The molecule has 0 rings (SSSR count). The predicted molar refractivity (Wildman–Crippen MR) is 195 cm³/mol. The van der Waals surface area contributed by atoms with Gasteiger partial charge in [-0.15, -0.1) is 0 Å². The van der Waals surface area contributed by atoms with E-state index in [4.69, 9.17) is 9.47 Å². The van der Waals surface area contributed by atoms with Crippen molar-refractivity contribution < 1.29 is 19.1 Å². The number of carbonyl (C=O) groups excluding carboxylic acids is 2. The molecule has 0 amide bonds. The molecule has 0 aromatic carbocycles. The standard InChI is InChI=1S/C41H78O4/c1-4-6-8-10-12-14-16-18-20-22-24-26-28-30-32-34-36-44-40(42)38-39(3)41(43)45-37-35-33-31-29-27-25-23-21-19-17-15-13-11-9-7-5-2/h38H,4-37H2,1-3H3/b39-38-. The summed E-state index contributed by atoms with van der Waals surface area (Å²) in [6.07, 6.45) is 43.6. The molecule has 4 nitrogen and oxygen atoms in total. The number of ether oxygens (including phenoxy) is 2. The van der Waals surface area contributed by atoms with Gasteiger partial charge in [-0.25, -0.2) is 9.59 Å². The Morgan fingerprint density at radius 2 is 0.622 bits per heavy atom. The van der Waals surface area contributed by atoms with Crippen LogP contribution >= 0.6 is 0 Å². The molecule has 4 heteroatoms. The van der Waals surface area contributed by atoms with Crippen LogP contribution in [-0.2, 0) is 19.1 Å². The zero-order valence-electron chi connectivity index (χ0n) is 30.8. The van der Waals surface area contributed by atoms with E-state index in [9.17, 15) is 9.59 Å². The lowest BCUT2D eigenvalue weighted by molar-refractivity contribution is -0.141. The molecule has 0 saturated heterocycles. The van der Waals surface area contributed by atoms with Crippen molar-refractivity contribution in [2.24, 2.45) is 0 Å². The molecule has 0 fully saturated rings. The molecule has 0 aromatic rings. The summed E-state index contributed by atoms with van der Waals surface area (Å²) in [5.74, 6) is -0.844. The molecule has 0 aliphatic rings. The van der Waals surface area contributed by atoms with E-state index in [1.54, 1.807) is 6.92 Å². The Morgan fingerprint density at radius 3 is 0.911 bits per heavy atom. The summed E-state index contributed by atoms with van der Waals surface area (Å²) >= 11 is 0. The van der Waals surface area contributed by atoms with Gasteiger partial charge in [0.25, 0.3) is 0 Å². The van der Waals surface area contributed by atoms with Crippen LogP contribution in [0.25, 0.3) is 0 Å². The first-order chi connectivity index (χ1) is 22.1. The molecular weight excluding hydrogens is 556 g/mol. The second kappa shape index (κ2) is 37.1. The third-order valence-electron chi connectivity index (χ3n) is 9.13. The highest BCUT2D eigenvalue weighted by Crippen LogP contribution is 2.15. The molecule has 0 aliphatic heterocycles. The summed E-state index contributed by atoms with van der Waals surface area (Å²) in [5, 5.41) is 0. The van der Waals surface area contributed by atoms with Gasteiger partial charge in [-0.2, -0.15) is 0 Å². The number of hydrogen-bond acceptors (Lipinski definition) is 4. The van der Waals surface area contributed by atoms with Crippen LogP contribution in [0.3, 0.4) is 0 Å². The number of carbonyl (C=O) groups is 2. The van der Waals surface area contributed by atoms with Crippen LogP contribution in [0, 0.1) is 0 Å². The zero-order chi connectivity index (χ0) is 32.9. The van der Waals surface area contributed by atoms with Gasteiger partial charge in [0.15, 0.2) is 0 Å². The first-order valence-electron chi connectivity index (χ1n) is 20.1. The van der Waals surface area contributed by atoms with Gasteiger partial charge >= 0.3 is 11.9 Å². The highest BCUT2D eigenvalue weighted by Gasteiger charge is 2.09. The monoisotopic (exact) mass is 635 g/mol. The van der Waals surface area contributed by atoms with Crippen LogP contribution in [0.4, 0.5) is 0 Å². The molecule has 0 aliphatic carbocycles. The lowest BCUT2D eigenvalue weighted by Crippen LogP contribution is -2.10. The van der Waals surface area contributed by atoms with E-state index in [0.717, 1.165) is 25.7 Å². The maximum absolute atomic E-state index is 12.2. The first kappa shape index (κ1) is 43.7. The smallest absolute Gasteiger partial charge is 0.333 e. The fraction of sp³-hybridized carbons (Fsp3) is 0.902. The SMILES string of the molecule is CCCCCCCCCCCCCCCCCCOC(=O)/C=C(/C)C(=O)OCCCCCCCCCCCCCCCCCC. The second-order valence-corrected chi connectivity index (χ2v) is 13.7. The zero-order valence-corrected chi connectivity index (χ0v) is 30.8. The Kier molecular flexibility index (Phi) is 36.1. The minimum absolute atomic E-state index is 0.323.